The van der Waals surface area contributed by atoms with Crippen LogP contribution in [0.15, 0.2) is 6.07 Å². The third kappa shape index (κ3) is 2.19. The summed E-state index contributed by atoms with van der Waals surface area (Å²) in [5, 5.41) is 7.64. The summed E-state index contributed by atoms with van der Waals surface area (Å²) in [5.41, 5.74) is -0.113. The summed E-state index contributed by atoms with van der Waals surface area (Å²) in [6.45, 7) is -0.161. The van der Waals surface area contributed by atoms with Crippen molar-refractivity contribution in [2.24, 2.45) is 0 Å². The van der Waals surface area contributed by atoms with Gasteiger partial charge in [-0.2, -0.15) is 0 Å². The first kappa shape index (κ1) is 11.3. The summed E-state index contributed by atoms with van der Waals surface area (Å²) in [6, 6.07) is 0.844. The van der Waals surface area contributed by atoms with Crippen LogP contribution >= 0.6 is 11.6 Å². The maximum Gasteiger partial charge on any atom is 0.180 e. The van der Waals surface area contributed by atoms with Crippen molar-refractivity contribution < 1.29 is 18.3 Å². The lowest BCUT2D eigenvalue weighted by Crippen LogP contribution is -1.99. The van der Waals surface area contributed by atoms with E-state index in [2.05, 4.69) is 0 Å². The van der Waals surface area contributed by atoms with E-state index in [9.17, 15) is 13.2 Å². The normalized spacial score (nSPS) is 10.6. The third-order valence-electron chi connectivity index (χ3n) is 1.78. The van der Waals surface area contributed by atoms with Crippen molar-refractivity contribution in [3.8, 4) is 0 Å². The molecule has 0 aliphatic carbocycles. The van der Waals surface area contributed by atoms with E-state index in [0.717, 1.165) is 6.07 Å². The summed E-state index contributed by atoms with van der Waals surface area (Å²) < 4.78 is 38.8. The quantitative estimate of drug-likeness (QED) is 0.618. The van der Waals surface area contributed by atoms with Crippen molar-refractivity contribution >= 4 is 11.6 Å². The smallest absolute Gasteiger partial charge is 0.180 e. The SMILES string of the molecule is OCCCc1cc(F)c(Cl)c(F)c1F. The van der Waals surface area contributed by atoms with Crippen molar-refractivity contribution in [3.05, 3.63) is 34.1 Å². The predicted molar refractivity (Wildman–Crippen MR) is 46.7 cm³/mol. The molecule has 1 aromatic rings. The van der Waals surface area contributed by atoms with Gasteiger partial charge in [0.05, 0.1) is 0 Å². The molecule has 78 valence electrons. The minimum atomic E-state index is -1.38. The highest BCUT2D eigenvalue weighted by atomic mass is 35.5. The van der Waals surface area contributed by atoms with Gasteiger partial charge in [0.15, 0.2) is 11.6 Å². The highest BCUT2D eigenvalue weighted by Gasteiger charge is 2.16. The van der Waals surface area contributed by atoms with Gasteiger partial charge < -0.3 is 5.11 Å². The molecule has 0 saturated carbocycles. The topological polar surface area (TPSA) is 20.2 Å². The molecule has 0 aromatic heterocycles. The molecule has 1 aromatic carbocycles. The van der Waals surface area contributed by atoms with Gasteiger partial charge >= 0.3 is 0 Å². The second kappa shape index (κ2) is 4.66. The first-order valence-electron chi connectivity index (χ1n) is 4.00. The van der Waals surface area contributed by atoms with Crippen LogP contribution in [0.3, 0.4) is 0 Å². The fourth-order valence-electron chi connectivity index (χ4n) is 1.07. The van der Waals surface area contributed by atoms with Gasteiger partial charge in [-0.25, -0.2) is 13.2 Å². The highest BCUT2D eigenvalue weighted by molar-refractivity contribution is 6.30. The molecule has 0 amide bonds. The Labute approximate surface area is 84.1 Å². The Balaban J connectivity index is 3.06. The Kier molecular flexibility index (Phi) is 3.77. The number of benzene rings is 1. The maximum absolute atomic E-state index is 13.1. The van der Waals surface area contributed by atoms with Crippen molar-refractivity contribution in [2.45, 2.75) is 12.8 Å². The van der Waals surface area contributed by atoms with Crippen molar-refractivity contribution in [3.63, 3.8) is 0 Å². The number of aliphatic hydroxyl groups excluding tert-OH is 1. The third-order valence-corrected chi connectivity index (χ3v) is 2.13. The van der Waals surface area contributed by atoms with Crippen LogP contribution in [-0.2, 0) is 6.42 Å². The first-order valence-corrected chi connectivity index (χ1v) is 4.38. The van der Waals surface area contributed by atoms with Gasteiger partial charge in [0, 0.05) is 6.61 Å². The summed E-state index contributed by atoms with van der Waals surface area (Å²) in [7, 11) is 0. The lowest BCUT2D eigenvalue weighted by molar-refractivity contribution is 0.287. The van der Waals surface area contributed by atoms with Crippen LogP contribution in [0.25, 0.3) is 0 Å². The Bertz CT molecular complexity index is 341. The van der Waals surface area contributed by atoms with E-state index in [1.807, 2.05) is 0 Å². The number of hydrogen-bond acceptors (Lipinski definition) is 1. The zero-order valence-electron chi connectivity index (χ0n) is 7.16. The van der Waals surface area contributed by atoms with Crippen LogP contribution in [0.5, 0.6) is 0 Å². The molecule has 1 nitrogen and oxygen atoms in total. The average Bonchev–Trinajstić information content (AvgIpc) is 2.18. The van der Waals surface area contributed by atoms with E-state index in [1.165, 1.54) is 0 Å². The monoisotopic (exact) mass is 224 g/mol. The minimum Gasteiger partial charge on any atom is -0.396 e. The van der Waals surface area contributed by atoms with E-state index in [4.69, 9.17) is 16.7 Å². The molecule has 0 unspecified atom stereocenters. The summed E-state index contributed by atoms with van der Waals surface area (Å²) in [6.07, 6.45) is 0.324. The fourth-order valence-corrected chi connectivity index (χ4v) is 1.21. The van der Waals surface area contributed by atoms with Crippen LogP contribution in [0.1, 0.15) is 12.0 Å². The van der Waals surface area contributed by atoms with Gasteiger partial charge in [-0.05, 0) is 24.5 Å². The molecule has 0 heterocycles. The Morgan fingerprint density at radius 1 is 1.21 bits per heavy atom. The van der Waals surface area contributed by atoms with Gasteiger partial charge in [-0.3, -0.25) is 0 Å². The molecular weight excluding hydrogens is 217 g/mol. The minimum absolute atomic E-state index is 0.0767. The molecule has 0 fully saturated rings. The second-order valence-corrected chi connectivity index (χ2v) is 3.16. The number of halogens is 4. The Hall–Kier alpha value is -0.740. The van der Waals surface area contributed by atoms with Crippen molar-refractivity contribution in [1.29, 1.82) is 0 Å². The molecule has 0 spiro atoms. The molecule has 0 radical (unpaired) electrons. The Morgan fingerprint density at radius 2 is 1.86 bits per heavy atom. The molecule has 1 rings (SSSR count). The van der Waals surface area contributed by atoms with Gasteiger partial charge in [-0.1, -0.05) is 11.6 Å². The fraction of sp³-hybridized carbons (Fsp3) is 0.333. The summed E-state index contributed by atoms with van der Waals surface area (Å²) in [4.78, 5) is 0. The van der Waals surface area contributed by atoms with Gasteiger partial charge in [-0.15, -0.1) is 0 Å². The highest BCUT2D eigenvalue weighted by Crippen LogP contribution is 2.24. The van der Waals surface area contributed by atoms with E-state index >= 15 is 0 Å². The van der Waals surface area contributed by atoms with Crippen LogP contribution in [0, 0.1) is 17.5 Å². The number of aliphatic hydroxyl groups is 1. The van der Waals surface area contributed by atoms with E-state index in [1.54, 1.807) is 0 Å². The standard InChI is InChI=1S/C9H8ClF3O/c10-7-6(11)4-5(2-1-3-14)8(12)9(7)13/h4,14H,1-3H2. The van der Waals surface area contributed by atoms with E-state index < -0.39 is 22.5 Å². The predicted octanol–water partition coefficient (Wildman–Crippen LogP) is 2.68. The molecule has 0 bridgehead atoms. The Morgan fingerprint density at radius 3 is 2.43 bits per heavy atom. The number of hydrogen-bond donors (Lipinski definition) is 1. The molecule has 0 aliphatic rings. The molecule has 0 aliphatic heterocycles. The zero-order chi connectivity index (χ0) is 10.7. The van der Waals surface area contributed by atoms with Crippen molar-refractivity contribution in [2.75, 3.05) is 6.61 Å². The molecule has 0 atom stereocenters. The summed E-state index contributed by atoms with van der Waals surface area (Å²) in [5.74, 6) is -3.51. The van der Waals surface area contributed by atoms with Gasteiger partial charge in [0.2, 0.25) is 0 Å². The lowest BCUT2D eigenvalue weighted by Gasteiger charge is -2.05. The van der Waals surface area contributed by atoms with E-state index in [-0.39, 0.29) is 25.0 Å². The van der Waals surface area contributed by atoms with Crippen molar-refractivity contribution in [1.82, 2.24) is 0 Å². The number of rotatable bonds is 3. The van der Waals surface area contributed by atoms with Gasteiger partial charge in [0.25, 0.3) is 0 Å². The van der Waals surface area contributed by atoms with Crippen LogP contribution < -0.4 is 0 Å². The zero-order valence-corrected chi connectivity index (χ0v) is 7.91. The molecule has 14 heavy (non-hydrogen) atoms. The maximum atomic E-state index is 13.1. The summed E-state index contributed by atoms with van der Waals surface area (Å²) >= 11 is 5.15. The molecule has 5 heteroatoms. The van der Waals surface area contributed by atoms with Crippen LogP contribution in [0.4, 0.5) is 13.2 Å². The molecule has 1 N–H and O–H groups in total. The van der Waals surface area contributed by atoms with E-state index in [0.29, 0.717) is 0 Å². The van der Waals surface area contributed by atoms with Crippen LogP contribution in [0.2, 0.25) is 5.02 Å². The van der Waals surface area contributed by atoms with Crippen LogP contribution in [-0.4, -0.2) is 11.7 Å². The first-order chi connectivity index (χ1) is 6.57. The number of aryl methyl sites for hydroxylation is 1. The average molecular weight is 225 g/mol. The van der Waals surface area contributed by atoms with Gasteiger partial charge in [0.1, 0.15) is 10.8 Å². The largest absolute Gasteiger partial charge is 0.396 e. The lowest BCUT2D eigenvalue weighted by atomic mass is 10.1. The molecular formula is C9H8ClF3O. The second-order valence-electron chi connectivity index (χ2n) is 2.79. The molecule has 0 saturated heterocycles.